The molecule has 0 aliphatic heterocycles. The Morgan fingerprint density at radius 1 is 0.935 bits per heavy atom. The van der Waals surface area contributed by atoms with Gasteiger partial charge < -0.3 is 19.3 Å². The van der Waals surface area contributed by atoms with Gasteiger partial charge in [-0.2, -0.15) is 0 Å². The zero-order valence-electron chi connectivity index (χ0n) is 19.2. The van der Waals surface area contributed by atoms with Crippen molar-refractivity contribution in [1.82, 2.24) is 0 Å². The molecule has 31 heavy (non-hydrogen) atoms. The molecule has 176 valence electrons. The highest BCUT2D eigenvalue weighted by Gasteiger charge is 2.56. The van der Waals surface area contributed by atoms with Gasteiger partial charge in [-0.25, -0.2) is 0 Å². The van der Waals surface area contributed by atoms with Crippen molar-refractivity contribution in [3.05, 3.63) is 0 Å². The molecule has 0 aromatic rings. The van der Waals surface area contributed by atoms with Gasteiger partial charge in [0, 0.05) is 0 Å². The molecule has 0 amide bonds. The summed E-state index contributed by atoms with van der Waals surface area (Å²) >= 11 is 0. The Labute approximate surface area is 185 Å². The van der Waals surface area contributed by atoms with Crippen molar-refractivity contribution < 1.29 is 33.7 Å². The molecule has 0 aromatic carbocycles. The topological polar surface area (TPSA) is 99.1 Å². The van der Waals surface area contributed by atoms with Crippen LogP contribution in [0.1, 0.15) is 72.1 Å². The third-order valence-corrected chi connectivity index (χ3v) is 8.10. The summed E-state index contributed by atoms with van der Waals surface area (Å²) < 4.78 is 16.7. The highest BCUT2D eigenvalue weighted by atomic mass is 16.7. The maximum absolute atomic E-state index is 13.5. The van der Waals surface area contributed by atoms with E-state index >= 15 is 0 Å². The standard InChI is InChI=1S/C24H38O7/c1-13-16-10-11-17(12-16)19(13)21(20(23(27)29-4)14(2)22(25)26)24(28)31-15(3)30-18-8-6-5-7-9-18/h13-21H,5-12H2,1-4H3,(H,25,26). The zero-order chi connectivity index (χ0) is 22.7. The van der Waals surface area contributed by atoms with Crippen LogP contribution < -0.4 is 0 Å². The average Bonchev–Trinajstić information content (AvgIpc) is 3.33. The summed E-state index contributed by atoms with van der Waals surface area (Å²) in [6.07, 6.45) is 7.83. The molecule has 0 saturated heterocycles. The number of hydrogen-bond donors (Lipinski definition) is 1. The maximum atomic E-state index is 13.5. The van der Waals surface area contributed by atoms with Crippen LogP contribution in [0.4, 0.5) is 0 Å². The fourth-order valence-electron chi connectivity index (χ4n) is 6.48. The van der Waals surface area contributed by atoms with Crippen LogP contribution in [-0.4, -0.2) is 42.5 Å². The fourth-order valence-corrected chi connectivity index (χ4v) is 6.48. The minimum atomic E-state index is -1.12. The van der Waals surface area contributed by atoms with Gasteiger partial charge in [-0.3, -0.25) is 14.4 Å². The monoisotopic (exact) mass is 438 g/mol. The number of hydrogen-bond acceptors (Lipinski definition) is 6. The average molecular weight is 439 g/mol. The minimum absolute atomic E-state index is 0.0748. The number of carboxylic acids is 1. The number of fused-ring (bicyclic) bond motifs is 2. The lowest BCUT2D eigenvalue weighted by atomic mass is 9.66. The summed E-state index contributed by atoms with van der Waals surface area (Å²) in [6, 6.07) is 0. The second-order valence-corrected chi connectivity index (χ2v) is 9.87. The smallest absolute Gasteiger partial charge is 0.312 e. The molecular formula is C24H38O7. The molecule has 3 aliphatic carbocycles. The van der Waals surface area contributed by atoms with Gasteiger partial charge in [0.05, 0.1) is 31.0 Å². The van der Waals surface area contributed by atoms with E-state index in [1.54, 1.807) is 6.92 Å². The Kier molecular flexibility index (Phi) is 8.00. The van der Waals surface area contributed by atoms with Crippen molar-refractivity contribution in [2.24, 2.45) is 41.4 Å². The number of carboxylic acid groups (broad SMARTS) is 1. The number of aliphatic carboxylic acids is 1. The number of carbonyl (C=O) groups excluding carboxylic acids is 2. The highest BCUT2D eigenvalue weighted by molar-refractivity contribution is 5.87. The van der Waals surface area contributed by atoms with E-state index in [0.717, 1.165) is 44.9 Å². The number of esters is 2. The quantitative estimate of drug-likeness (QED) is 0.428. The zero-order valence-corrected chi connectivity index (χ0v) is 19.2. The Bertz CT molecular complexity index is 654. The highest BCUT2D eigenvalue weighted by Crippen LogP contribution is 2.56. The molecule has 2 bridgehead atoms. The molecule has 0 radical (unpaired) electrons. The third-order valence-electron chi connectivity index (χ3n) is 8.10. The van der Waals surface area contributed by atoms with Crippen molar-refractivity contribution in [3.8, 4) is 0 Å². The van der Waals surface area contributed by atoms with Crippen LogP contribution in [0.3, 0.4) is 0 Å². The maximum Gasteiger partial charge on any atom is 0.312 e. The van der Waals surface area contributed by atoms with Crippen LogP contribution in [0.15, 0.2) is 0 Å². The van der Waals surface area contributed by atoms with Crippen molar-refractivity contribution in [2.75, 3.05) is 7.11 Å². The molecule has 0 heterocycles. The predicted octanol–water partition coefficient (Wildman–Crippen LogP) is 4.03. The van der Waals surface area contributed by atoms with Crippen LogP contribution in [0.2, 0.25) is 0 Å². The normalized spacial score (nSPS) is 32.1. The van der Waals surface area contributed by atoms with Crippen molar-refractivity contribution >= 4 is 17.9 Å². The van der Waals surface area contributed by atoms with E-state index in [4.69, 9.17) is 14.2 Å². The molecule has 7 heteroatoms. The van der Waals surface area contributed by atoms with Gasteiger partial charge in [0.25, 0.3) is 0 Å². The van der Waals surface area contributed by atoms with E-state index in [9.17, 15) is 19.5 Å². The van der Waals surface area contributed by atoms with Crippen molar-refractivity contribution in [3.63, 3.8) is 0 Å². The third kappa shape index (κ3) is 5.24. The van der Waals surface area contributed by atoms with Crippen LogP contribution in [-0.2, 0) is 28.6 Å². The summed E-state index contributed by atoms with van der Waals surface area (Å²) in [7, 11) is 1.24. The Balaban J connectivity index is 1.83. The number of rotatable bonds is 9. The van der Waals surface area contributed by atoms with Crippen LogP contribution in [0.25, 0.3) is 0 Å². The lowest BCUT2D eigenvalue weighted by molar-refractivity contribution is -0.199. The Hall–Kier alpha value is -1.63. The lowest BCUT2D eigenvalue weighted by Crippen LogP contribution is -2.46. The van der Waals surface area contributed by atoms with E-state index in [1.165, 1.54) is 20.5 Å². The molecule has 7 nitrogen and oxygen atoms in total. The molecule has 0 aromatic heterocycles. The Morgan fingerprint density at radius 2 is 1.58 bits per heavy atom. The van der Waals surface area contributed by atoms with E-state index in [2.05, 4.69) is 6.92 Å². The summed E-state index contributed by atoms with van der Waals surface area (Å²) in [5.74, 6) is -4.31. The summed E-state index contributed by atoms with van der Waals surface area (Å²) in [5, 5.41) is 9.68. The van der Waals surface area contributed by atoms with Gasteiger partial charge in [-0.1, -0.05) is 33.1 Å². The lowest BCUT2D eigenvalue weighted by Gasteiger charge is -2.38. The first-order valence-corrected chi connectivity index (χ1v) is 11.9. The van der Waals surface area contributed by atoms with Gasteiger partial charge >= 0.3 is 17.9 Å². The van der Waals surface area contributed by atoms with Crippen LogP contribution >= 0.6 is 0 Å². The van der Waals surface area contributed by atoms with E-state index in [-0.39, 0.29) is 17.9 Å². The van der Waals surface area contributed by atoms with Crippen molar-refractivity contribution in [2.45, 2.75) is 84.5 Å². The van der Waals surface area contributed by atoms with Gasteiger partial charge in [-0.05, 0) is 62.7 Å². The molecule has 1 N–H and O–H groups in total. The summed E-state index contributed by atoms with van der Waals surface area (Å²) in [4.78, 5) is 38.1. The first-order chi connectivity index (χ1) is 14.7. The SMILES string of the molecule is COC(=O)C(C(C)C(=O)O)C(C(=O)OC(C)OC1CCCCC1)C1C2CCC(C2)C1C. The van der Waals surface area contributed by atoms with Crippen LogP contribution in [0, 0.1) is 41.4 Å². The first-order valence-electron chi connectivity index (χ1n) is 11.9. The first kappa shape index (κ1) is 24.0. The second-order valence-electron chi connectivity index (χ2n) is 9.87. The Morgan fingerprint density at radius 3 is 2.13 bits per heavy atom. The number of carbonyl (C=O) groups is 3. The van der Waals surface area contributed by atoms with Gasteiger partial charge in [0.15, 0.2) is 6.29 Å². The van der Waals surface area contributed by atoms with Crippen LogP contribution in [0.5, 0.6) is 0 Å². The number of methoxy groups -OCH3 is 1. The van der Waals surface area contributed by atoms with E-state index < -0.39 is 42.0 Å². The minimum Gasteiger partial charge on any atom is -0.481 e. The molecule has 3 saturated carbocycles. The summed E-state index contributed by atoms with van der Waals surface area (Å²) in [6.45, 7) is 5.31. The molecule has 3 fully saturated rings. The van der Waals surface area contributed by atoms with Crippen molar-refractivity contribution in [1.29, 1.82) is 0 Å². The van der Waals surface area contributed by atoms with E-state index in [0.29, 0.717) is 11.8 Å². The van der Waals surface area contributed by atoms with Gasteiger partial charge in [0.2, 0.25) is 0 Å². The molecule has 0 spiro atoms. The van der Waals surface area contributed by atoms with Gasteiger partial charge in [-0.15, -0.1) is 0 Å². The fraction of sp³-hybridized carbons (Fsp3) is 0.875. The molecule has 8 atom stereocenters. The predicted molar refractivity (Wildman–Crippen MR) is 113 cm³/mol. The largest absolute Gasteiger partial charge is 0.481 e. The molecule has 3 aliphatic rings. The molecule has 3 rings (SSSR count). The summed E-state index contributed by atoms with van der Waals surface area (Å²) in [5.41, 5.74) is 0. The van der Waals surface area contributed by atoms with Gasteiger partial charge in [0.1, 0.15) is 0 Å². The molecular weight excluding hydrogens is 400 g/mol. The van der Waals surface area contributed by atoms with E-state index in [1.807, 2.05) is 0 Å². The number of ether oxygens (including phenoxy) is 3. The second kappa shape index (κ2) is 10.3. The molecule has 8 unspecified atom stereocenters.